The lowest BCUT2D eigenvalue weighted by molar-refractivity contribution is 0.511. The molecule has 32 heavy (non-hydrogen) atoms. The number of fused-ring (bicyclic) bond motifs is 1. The van der Waals surface area contributed by atoms with Crippen LogP contribution in [0.3, 0.4) is 0 Å². The highest BCUT2D eigenvalue weighted by atomic mass is 14.7. The van der Waals surface area contributed by atoms with Crippen molar-refractivity contribution in [3.63, 3.8) is 0 Å². The molecule has 0 spiro atoms. The molecule has 4 aromatic carbocycles. The van der Waals surface area contributed by atoms with Crippen LogP contribution in [0.2, 0.25) is 0 Å². The first-order chi connectivity index (χ1) is 15.6. The zero-order chi connectivity index (χ0) is 21.5. The molecule has 0 saturated heterocycles. The number of hydrogen-bond donors (Lipinski definition) is 0. The molecule has 2 bridgehead atoms. The van der Waals surface area contributed by atoms with E-state index in [2.05, 4.69) is 111 Å². The molecule has 3 aliphatic rings. The van der Waals surface area contributed by atoms with E-state index in [1.165, 1.54) is 49.7 Å². The molecule has 5 aromatic rings. The average Bonchev–Trinajstić information content (AvgIpc) is 2.86. The van der Waals surface area contributed by atoms with Gasteiger partial charge >= 0.3 is 0 Å². The highest BCUT2D eigenvalue weighted by molar-refractivity contribution is 5.95. The summed E-state index contributed by atoms with van der Waals surface area (Å²) in [5.41, 5.74) is 10.5. The van der Waals surface area contributed by atoms with Crippen molar-refractivity contribution in [2.24, 2.45) is 0 Å². The summed E-state index contributed by atoms with van der Waals surface area (Å²) in [4.78, 5) is 4.82. The highest BCUT2D eigenvalue weighted by Crippen LogP contribution is 2.61. The van der Waals surface area contributed by atoms with Crippen LogP contribution in [0, 0.1) is 0 Å². The first-order valence-corrected chi connectivity index (χ1v) is 11.3. The first-order valence-electron chi connectivity index (χ1n) is 11.3. The standard InChI is InChI=1S/C31H23N/c1-30-23-11-5-7-13-25(23)31(2,26-14-8-6-12-24(26)30)28-19-21(15-16-27(28)30)29-22-10-4-3-9-20(22)17-18-32-29/h3-19H,1-2H3. The van der Waals surface area contributed by atoms with E-state index >= 15 is 0 Å². The molecule has 0 aliphatic heterocycles. The summed E-state index contributed by atoms with van der Waals surface area (Å²) in [5, 5.41) is 2.43. The van der Waals surface area contributed by atoms with Crippen molar-refractivity contribution >= 4 is 10.8 Å². The predicted octanol–water partition coefficient (Wildman–Crippen LogP) is 7.24. The molecule has 0 atom stereocenters. The van der Waals surface area contributed by atoms with Crippen molar-refractivity contribution in [1.29, 1.82) is 0 Å². The lowest BCUT2D eigenvalue weighted by Gasteiger charge is -2.54. The number of aromatic nitrogens is 1. The van der Waals surface area contributed by atoms with Gasteiger partial charge in [0.15, 0.2) is 0 Å². The second kappa shape index (κ2) is 5.95. The Morgan fingerprint density at radius 2 is 1.06 bits per heavy atom. The summed E-state index contributed by atoms with van der Waals surface area (Å²) >= 11 is 0. The van der Waals surface area contributed by atoms with Crippen LogP contribution in [0.1, 0.15) is 47.2 Å². The van der Waals surface area contributed by atoms with Crippen LogP contribution in [0.5, 0.6) is 0 Å². The number of nitrogens with zero attached hydrogens (tertiary/aromatic N) is 1. The van der Waals surface area contributed by atoms with E-state index in [0.29, 0.717) is 0 Å². The van der Waals surface area contributed by atoms with Crippen molar-refractivity contribution < 1.29 is 0 Å². The van der Waals surface area contributed by atoms with Crippen molar-refractivity contribution in [2.75, 3.05) is 0 Å². The molecule has 152 valence electrons. The molecule has 0 saturated carbocycles. The minimum atomic E-state index is -0.180. The molecule has 3 aliphatic carbocycles. The van der Waals surface area contributed by atoms with Gasteiger partial charge in [-0.15, -0.1) is 0 Å². The normalized spacial score (nSPS) is 22.3. The Morgan fingerprint density at radius 3 is 1.72 bits per heavy atom. The van der Waals surface area contributed by atoms with E-state index < -0.39 is 0 Å². The van der Waals surface area contributed by atoms with Gasteiger partial charge in [0.1, 0.15) is 0 Å². The molecule has 1 heteroatoms. The van der Waals surface area contributed by atoms with E-state index in [1.807, 2.05) is 6.20 Å². The van der Waals surface area contributed by atoms with Crippen molar-refractivity contribution in [2.45, 2.75) is 24.7 Å². The fourth-order valence-corrected chi connectivity index (χ4v) is 6.47. The number of rotatable bonds is 1. The van der Waals surface area contributed by atoms with E-state index in [1.54, 1.807) is 0 Å². The van der Waals surface area contributed by atoms with Gasteiger partial charge in [-0.2, -0.15) is 0 Å². The fraction of sp³-hybridized carbons (Fsp3) is 0.129. The van der Waals surface area contributed by atoms with E-state index in [9.17, 15) is 0 Å². The summed E-state index contributed by atoms with van der Waals surface area (Å²) in [6.07, 6.45) is 1.93. The molecule has 0 fully saturated rings. The second-order valence-electron chi connectivity index (χ2n) is 9.48. The van der Waals surface area contributed by atoms with Gasteiger partial charge in [0.2, 0.25) is 0 Å². The molecule has 0 radical (unpaired) electrons. The lowest BCUT2D eigenvalue weighted by atomic mass is 9.48. The molecule has 0 unspecified atom stereocenters. The third-order valence-corrected chi connectivity index (χ3v) is 8.05. The Balaban J connectivity index is 1.57. The smallest absolute Gasteiger partial charge is 0.0780 e. The van der Waals surface area contributed by atoms with Gasteiger partial charge in [0, 0.05) is 28.0 Å². The molecular weight excluding hydrogens is 386 g/mol. The van der Waals surface area contributed by atoms with Crippen molar-refractivity contribution in [3.05, 3.63) is 137 Å². The lowest BCUT2D eigenvalue weighted by Crippen LogP contribution is -2.48. The fourth-order valence-electron chi connectivity index (χ4n) is 6.47. The van der Waals surface area contributed by atoms with Gasteiger partial charge in [0.05, 0.1) is 5.69 Å². The van der Waals surface area contributed by atoms with Gasteiger partial charge in [-0.25, -0.2) is 0 Å². The summed E-state index contributed by atoms with van der Waals surface area (Å²) in [7, 11) is 0. The largest absolute Gasteiger partial charge is 0.256 e. The van der Waals surface area contributed by atoms with Gasteiger partial charge in [-0.1, -0.05) is 84.9 Å². The number of hydrogen-bond acceptors (Lipinski definition) is 1. The summed E-state index contributed by atoms with van der Waals surface area (Å²) in [6, 6.07) is 35.7. The maximum absolute atomic E-state index is 4.82. The summed E-state index contributed by atoms with van der Waals surface area (Å²) in [5.74, 6) is 0. The third kappa shape index (κ3) is 1.97. The van der Waals surface area contributed by atoms with Crippen LogP contribution in [0.25, 0.3) is 22.0 Å². The molecule has 0 amide bonds. The van der Waals surface area contributed by atoms with Crippen LogP contribution in [-0.2, 0) is 10.8 Å². The molecule has 1 nitrogen and oxygen atoms in total. The predicted molar refractivity (Wildman–Crippen MR) is 131 cm³/mol. The molecule has 8 rings (SSSR count). The number of benzene rings is 4. The quantitative estimate of drug-likeness (QED) is 0.284. The minimum absolute atomic E-state index is 0.148. The van der Waals surface area contributed by atoms with Gasteiger partial charge in [0.25, 0.3) is 0 Å². The second-order valence-corrected chi connectivity index (χ2v) is 9.48. The van der Waals surface area contributed by atoms with Crippen LogP contribution in [0.4, 0.5) is 0 Å². The van der Waals surface area contributed by atoms with Crippen LogP contribution >= 0.6 is 0 Å². The summed E-state index contributed by atoms with van der Waals surface area (Å²) in [6.45, 7) is 4.81. The third-order valence-electron chi connectivity index (χ3n) is 8.05. The van der Waals surface area contributed by atoms with E-state index in [-0.39, 0.29) is 10.8 Å². The first kappa shape index (κ1) is 17.9. The van der Waals surface area contributed by atoms with Crippen molar-refractivity contribution in [1.82, 2.24) is 4.98 Å². The Kier molecular flexibility index (Phi) is 3.33. The Hall–Kier alpha value is -3.71. The van der Waals surface area contributed by atoms with E-state index in [0.717, 1.165) is 5.69 Å². The topological polar surface area (TPSA) is 12.9 Å². The molecule has 1 aromatic heterocycles. The van der Waals surface area contributed by atoms with Gasteiger partial charge in [-0.3, -0.25) is 4.98 Å². The zero-order valence-corrected chi connectivity index (χ0v) is 18.3. The van der Waals surface area contributed by atoms with Gasteiger partial charge in [-0.05, 0) is 64.7 Å². The zero-order valence-electron chi connectivity index (χ0n) is 18.3. The molecule has 0 N–H and O–H groups in total. The highest BCUT2D eigenvalue weighted by Gasteiger charge is 2.54. The maximum atomic E-state index is 4.82. The minimum Gasteiger partial charge on any atom is -0.256 e. The maximum Gasteiger partial charge on any atom is 0.0780 e. The number of pyridine rings is 1. The van der Waals surface area contributed by atoms with Gasteiger partial charge < -0.3 is 0 Å². The van der Waals surface area contributed by atoms with E-state index in [4.69, 9.17) is 4.98 Å². The van der Waals surface area contributed by atoms with Crippen LogP contribution in [0.15, 0.2) is 103 Å². The Bertz CT molecular complexity index is 1510. The Morgan fingerprint density at radius 1 is 0.531 bits per heavy atom. The molecule has 1 heterocycles. The van der Waals surface area contributed by atoms with Crippen LogP contribution < -0.4 is 0 Å². The van der Waals surface area contributed by atoms with Crippen molar-refractivity contribution in [3.8, 4) is 11.3 Å². The SMILES string of the molecule is CC12c3ccccc3C(C)(c3ccccc31)c1cc(-c3nccc4ccccc34)ccc12. The monoisotopic (exact) mass is 409 g/mol. The Labute approximate surface area is 188 Å². The molecular formula is C31H23N. The summed E-state index contributed by atoms with van der Waals surface area (Å²) < 4.78 is 0. The van der Waals surface area contributed by atoms with Crippen LogP contribution in [-0.4, -0.2) is 4.98 Å². The average molecular weight is 410 g/mol.